The zero-order chi connectivity index (χ0) is 11.7. The van der Waals surface area contributed by atoms with Gasteiger partial charge in [-0.15, -0.1) is 0 Å². The number of hydrogen-bond donors (Lipinski definition) is 0. The second kappa shape index (κ2) is 4.14. The van der Waals surface area contributed by atoms with Gasteiger partial charge in [-0.25, -0.2) is 9.78 Å². The van der Waals surface area contributed by atoms with E-state index in [1.807, 2.05) is 0 Å². The summed E-state index contributed by atoms with van der Waals surface area (Å²) in [5, 5.41) is 0.956. The number of carbonyl (C=O) groups excluding carboxylic acids is 1. The van der Waals surface area contributed by atoms with E-state index in [4.69, 9.17) is 20.8 Å². The third kappa shape index (κ3) is 1.76. The number of pyridine rings is 1. The molecule has 0 N–H and O–H groups in total. The minimum atomic E-state index is -0.400. The number of fused-ring (bicyclic) bond motifs is 1. The van der Waals surface area contributed by atoms with Gasteiger partial charge in [0.05, 0.1) is 12.0 Å². The molecule has 0 unspecified atom stereocenters. The van der Waals surface area contributed by atoms with Gasteiger partial charge in [0.25, 0.3) is 0 Å². The van der Waals surface area contributed by atoms with Crippen molar-refractivity contribution in [3.63, 3.8) is 0 Å². The number of rotatable bonds is 2. The number of esters is 1. The van der Waals surface area contributed by atoms with E-state index in [9.17, 15) is 4.79 Å². The fourth-order valence-corrected chi connectivity index (χ4v) is 1.67. The zero-order valence-electron chi connectivity index (χ0n) is 8.91. The summed E-state index contributed by atoms with van der Waals surface area (Å²) in [5.74, 6) is 0.0890. The van der Waals surface area contributed by atoms with Crippen LogP contribution in [0.15, 0.2) is 16.5 Å². The molecule has 0 amide bonds. The van der Waals surface area contributed by atoms with Crippen molar-refractivity contribution in [3.05, 3.63) is 28.6 Å². The predicted octanol–water partition coefficient (Wildman–Crippen LogP) is 2.97. The Hall–Kier alpha value is -1.55. The average Bonchev–Trinajstić information content (AvgIpc) is 2.53. The number of hydrogen-bond acceptors (Lipinski definition) is 4. The normalized spacial score (nSPS) is 10.7. The van der Waals surface area contributed by atoms with Crippen molar-refractivity contribution in [3.8, 4) is 0 Å². The molecule has 0 aliphatic rings. The monoisotopic (exact) mass is 239 g/mol. The number of aryl methyl sites for hydroxylation is 1. The Bertz CT molecular complexity index is 547. The Morgan fingerprint density at radius 3 is 3.00 bits per heavy atom. The molecule has 0 fully saturated rings. The van der Waals surface area contributed by atoms with Crippen LogP contribution in [0.3, 0.4) is 0 Å². The molecular formula is C11H10ClNO3. The summed E-state index contributed by atoms with van der Waals surface area (Å²) in [6.07, 6.45) is 0. The van der Waals surface area contributed by atoms with E-state index < -0.39 is 5.97 Å². The molecular weight excluding hydrogens is 230 g/mol. The van der Waals surface area contributed by atoms with Crippen molar-refractivity contribution in [1.29, 1.82) is 0 Å². The third-order valence-corrected chi connectivity index (χ3v) is 2.39. The second-order valence-electron chi connectivity index (χ2n) is 3.24. The highest BCUT2D eigenvalue weighted by Gasteiger charge is 2.19. The molecule has 5 heteroatoms. The van der Waals surface area contributed by atoms with Gasteiger partial charge in [0, 0.05) is 0 Å². The van der Waals surface area contributed by atoms with Crippen LogP contribution in [0.1, 0.15) is 23.0 Å². The summed E-state index contributed by atoms with van der Waals surface area (Å²) < 4.78 is 10.3. The van der Waals surface area contributed by atoms with Crippen LogP contribution < -0.4 is 0 Å². The van der Waals surface area contributed by atoms with Crippen molar-refractivity contribution >= 4 is 28.7 Å². The molecule has 0 spiro atoms. The van der Waals surface area contributed by atoms with Crippen LogP contribution in [0.2, 0.25) is 5.15 Å². The first-order valence-corrected chi connectivity index (χ1v) is 5.24. The Kier molecular flexibility index (Phi) is 2.83. The van der Waals surface area contributed by atoms with Crippen LogP contribution in [0.4, 0.5) is 0 Å². The van der Waals surface area contributed by atoms with Crippen LogP contribution in [-0.4, -0.2) is 17.6 Å². The van der Waals surface area contributed by atoms with Gasteiger partial charge >= 0.3 is 5.97 Å². The van der Waals surface area contributed by atoms with Gasteiger partial charge in [-0.3, -0.25) is 0 Å². The highest BCUT2D eigenvalue weighted by atomic mass is 35.5. The van der Waals surface area contributed by atoms with Crippen LogP contribution in [0.5, 0.6) is 0 Å². The molecule has 2 heterocycles. The Morgan fingerprint density at radius 1 is 1.56 bits per heavy atom. The first kappa shape index (κ1) is 11.0. The largest absolute Gasteiger partial charge is 0.462 e. The molecule has 2 rings (SSSR count). The molecule has 0 saturated carbocycles. The molecule has 0 atom stereocenters. The van der Waals surface area contributed by atoms with Crippen LogP contribution in [0, 0.1) is 6.92 Å². The van der Waals surface area contributed by atoms with E-state index in [1.165, 1.54) is 0 Å². The summed E-state index contributed by atoms with van der Waals surface area (Å²) in [6.45, 7) is 3.78. The van der Waals surface area contributed by atoms with E-state index in [1.54, 1.807) is 26.0 Å². The summed E-state index contributed by atoms with van der Waals surface area (Å²) in [4.78, 5) is 15.7. The number of nitrogens with zero attached hydrogens (tertiary/aromatic N) is 1. The fraction of sp³-hybridized carbons (Fsp3) is 0.273. The van der Waals surface area contributed by atoms with E-state index in [-0.39, 0.29) is 0 Å². The minimum absolute atomic E-state index is 0.325. The molecule has 0 aliphatic carbocycles. The van der Waals surface area contributed by atoms with Crippen LogP contribution >= 0.6 is 11.6 Å². The second-order valence-corrected chi connectivity index (χ2v) is 3.63. The SMILES string of the molecule is CCOC(=O)c1c(C)oc2nc(Cl)ccc12. The van der Waals surface area contributed by atoms with Gasteiger partial charge in [-0.1, -0.05) is 11.6 Å². The minimum Gasteiger partial charge on any atom is -0.462 e. The van der Waals surface area contributed by atoms with Crippen molar-refractivity contribution in [2.75, 3.05) is 6.61 Å². The predicted molar refractivity (Wildman–Crippen MR) is 59.7 cm³/mol. The lowest BCUT2D eigenvalue weighted by Crippen LogP contribution is -2.05. The van der Waals surface area contributed by atoms with Gasteiger partial charge in [0.2, 0.25) is 5.71 Å². The maximum absolute atomic E-state index is 11.7. The summed E-state index contributed by atoms with van der Waals surface area (Å²) in [6, 6.07) is 3.31. The fourth-order valence-electron chi connectivity index (χ4n) is 1.53. The summed E-state index contributed by atoms with van der Waals surface area (Å²) in [5.41, 5.74) is 0.772. The Balaban J connectivity index is 2.60. The van der Waals surface area contributed by atoms with E-state index in [0.29, 0.717) is 34.2 Å². The molecule has 2 aromatic rings. The first-order chi connectivity index (χ1) is 7.63. The number of furan rings is 1. The summed E-state index contributed by atoms with van der Waals surface area (Å²) >= 11 is 5.73. The number of ether oxygens (including phenoxy) is 1. The van der Waals surface area contributed by atoms with Gasteiger partial charge < -0.3 is 9.15 Å². The van der Waals surface area contributed by atoms with Crippen LogP contribution in [0.25, 0.3) is 11.1 Å². The quantitative estimate of drug-likeness (QED) is 0.597. The Morgan fingerprint density at radius 2 is 2.31 bits per heavy atom. The molecule has 0 aliphatic heterocycles. The van der Waals surface area contributed by atoms with Crippen LogP contribution in [-0.2, 0) is 4.74 Å². The van der Waals surface area contributed by atoms with Gasteiger partial charge in [-0.2, -0.15) is 0 Å². The Labute approximate surface area is 97.2 Å². The average molecular weight is 240 g/mol. The van der Waals surface area contributed by atoms with Crippen molar-refractivity contribution in [2.45, 2.75) is 13.8 Å². The molecule has 0 bridgehead atoms. The molecule has 16 heavy (non-hydrogen) atoms. The number of aromatic nitrogens is 1. The molecule has 4 nitrogen and oxygen atoms in total. The number of carbonyl (C=O) groups is 1. The standard InChI is InChI=1S/C11H10ClNO3/c1-3-15-11(14)9-6(2)16-10-7(9)4-5-8(12)13-10/h4-5H,3H2,1-2H3. The summed E-state index contributed by atoms with van der Waals surface area (Å²) in [7, 11) is 0. The lowest BCUT2D eigenvalue weighted by atomic mass is 10.2. The highest BCUT2D eigenvalue weighted by molar-refractivity contribution is 6.29. The molecule has 0 aromatic carbocycles. The zero-order valence-corrected chi connectivity index (χ0v) is 9.67. The van der Waals surface area contributed by atoms with Gasteiger partial charge in [0.1, 0.15) is 16.5 Å². The molecule has 84 valence electrons. The molecule has 0 radical (unpaired) electrons. The molecule has 2 aromatic heterocycles. The first-order valence-electron chi connectivity index (χ1n) is 4.86. The topological polar surface area (TPSA) is 52.3 Å². The highest BCUT2D eigenvalue weighted by Crippen LogP contribution is 2.26. The van der Waals surface area contributed by atoms with Crippen molar-refractivity contribution in [1.82, 2.24) is 4.98 Å². The van der Waals surface area contributed by atoms with Gasteiger partial charge in [0.15, 0.2) is 0 Å². The van der Waals surface area contributed by atoms with E-state index in [2.05, 4.69) is 4.98 Å². The van der Waals surface area contributed by atoms with E-state index in [0.717, 1.165) is 0 Å². The van der Waals surface area contributed by atoms with Crippen molar-refractivity contribution < 1.29 is 13.9 Å². The maximum Gasteiger partial charge on any atom is 0.342 e. The lowest BCUT2D eigenvalue weighted by Gasteiger charge is -1.99. The molecule has 0 saturated heterocycles. The maximum atomic E-state index is 11.7. The van der Waals surface area contributed by atoms with Gasteiger partial charge in [-0.05, 0) is 26.0 Å². The smallest absolute Gasteiger partial charge is 0.342 e. The van der Waals surface area contributed by atoms with Crippen molar-refractivity contribution in [2.24, 2.45) is 0 Å². The third-order valence-electron chi connectivity index (χ3n) is 2.18. The lowest BCUT2D eigenvalue weighted by molar-refractivity contribution is 0.0526. The van der Waals surface area contributed by atoms with E-state index >= 15 is 0 Å². The number of halogens is 1.